The first-order valence-corrected chi connectivity index (χ1v) is 7.49. The molecule has 0 unspecified atom stereocenters. The first-order valence-electron chi connectivity index (χ1n) is 6.74. The van der Waals surface area contributed by atoms with Crippen LogP contribution in [0.2, 0.25) is 10.0 Å². The monoisotopic (exact) mass is 364 g/mol. The van der Waals surface area contributed by atoms with Crippen molar-refractivity contribution >= 4 is 34.9 Å². The number of benzene rings is 1. The first kappa shape index (κ1) is 16.2. The fourth-order valence-corrected chi connectivity index (χ4v) is 2.24. The molecule has 10 heteroatoms. The van der Waals surface area contributed by atoms with Crippen LogP contribution in [0.25, 0.3) is 5.69 Å². The smallest absolute Gasteiger partial charge is 0.309 e. The van der Waals surface area contributed by atoms with Crippen molar-refractivity contribution in [1.29, 1.82) is 0 Å². The van der Waals surface area contributed by atoms with Gasteiger partial charge in [-0.15, -0.1) is 0 Å². The molecule has 24 heavy (non-hydrogen) atoms. The summed E-state index contributed by atoms with van der Waals surface area (Å²) in [6, 6.07) is 9.83. The van der Waals surface area contributed by atoms with Crippen molar-refractivity contribution in [2.24, 2.45) is 0 Å². The number of rotatable bonds is 4. The number of hydrogen-bond acceptors (Lipinski definition) is 5. The number of carbonyl (C=O) groups excluding carboxylic acids is 1. The summed E-state index contributed by atoms with van der Waals surface area (Å²) in [5, 5.41) is 10.8. The third-order valence-electron chi connectivity index (χ3n) is 3.01. The number of aromatic nitrogens is 5. The highest BCUT2D eigenvalue weighted by atomic mass is 35.5. The van der Waals surface area contributed by atoms with E-state index in [0.717, 1.165) is 9.36 Å². The maximum atomic E-state index is 12.3. The van der Waals surface area contributed by atoms with Gasteiger partial charge in [-0.05, 0) is 34.7 Å². The van der Waals surface area contributed by atoms with E-state index in [9.17, 15) is 9.59 Å². The van der Waals surface area contributed by atoms with Gasteiger partial charge in [0, 0.05) is 6.20 Å². The minimum absolute atomic E-state index is 0.312. The highest BCUT2D eigenvalue weighted by molar-refractivity contribution is 6.32. The second-order valence-electron chi connectivity index (χ2n) is 4.69. The molecular formula is C14H10Cl2N6O2. The highest BCUT2D eigenvalue weighted by Gasteiger charge is 2.14. The Hall–Kier alpha value is -2.71. The molecule has 2 aromatic heterocycles. The predicted molar refractivity (Wildman–Crippen MR) is 88.5 cm³/mol. The molecule has 2 heterocycles. The first-order chi connectivity index (χ1) is 11.5. The van der Waals surface area contributed by atoms with Gasteiger partial charge >= 0.3 is 5.69 Å². The van der Waals surface area contributed by atoms with Gasteiger partial charge in [-0.1, -0.05) is 35.3 Å². The summed E-state index contributed by atoms with van der Waals surface area (Å²) < 4.78 is 1.95. The fourth-order valence-electron chi connectivity index (χ4n) is 1.92. The van der Waals surface area contributed by atoms with Crippen molar-refractivity contribution in [3.05, 3.63) is 63.1 Å². The number of anilines is 1. The Bertz CT molecular complexity index is 935. The average Bonchev–Trinajstić information content (AvgIpc) is 2.91. The summed E-state index contributed by atoms with van der Waals surface area (Å²) in [6.07, 6.45) is 1.40. The van der Waals surface area contributed by atoms with Crippen LogP contribution in [0.4, 0.5) is 5.82 Å². The lowest BCUT2D eigenvalue weighted by molar-refractivity contribution is -0.117. The number of tetrazole rings is 1. The van der Waals surface area contributed by atoms with E-state index < -0.39 is 11.6 Å². The van der Waals surface area contributed by atoms with Crippen molar-refractivity contribution in [2.45, 2.75) is 6.54 Å². The molecule has 3 aromatic rings. The van der Waals surface area contributed by atoms with Gasteiger partial charge in [0.15, 0.2) is 0 Å². The van der Waals surface area contributed by atoms with E-state index in [1.165, 1.54) is 6.20 Å². The predicted octanol–water partition coefficient (Wildman–Crippen LogP) is 1.77. The lowest BCUT2D eigenvalue weighted by Crippen LogP contribution is -2.30. The molecule has 0 bridgehead atoms. The number of amides is 1. The van der Waals surface area contributed by atoms with Gasteiger partial charge < -0.3 is 5.32 Å². The molecule has 0 aliphatic heterocycles. The van der Waals surface area contributed by atoms with Crippen LogP contribution in [-0.2, 0) is 11.3 Å². The Morgan fingerprint density at radius 3 is 2.62 bits per heavy atom. The lowest BCUT2D eigenvalue weighted by atomic mass is 10.3. The van der Waals surface area contributed by atoms with Crippen LogP contribution in [-0.4, -0.2) is 30.7 Å². The Labute approximate surface area is 145 Å². The molecule has 1 N–H and O–H groups in total. The van der Waals surface area contributed by atoms with Crippen LogP contribution in [0.3, 0.4) is 0 Å². The van der Waals surface area contributed by atoms with Crippen LogP contribution in [0.5, 0.6) is 0 Å². The second-order valence-corrected chi connectivity index (χ2v) is 5.54. The highest BCUT2D eigenvalue weighted by Crippen LogP contribution is 2.16. The molecule has 0 atom stereocenters. The normalized spacial score (nSPS) is 10.6. The number of nitrogens with one attached hydrogen (secondary N) is 1. The largest absolute Gasteiger partial charge is 0.369 e. The molecule has 1 aromatic carbocycles. The number of halogens is 2. The zero-order chi connectivity index (χ0) is 17.1. The number of nitrogens with zero attached hydrogens (tertiary/aromatic N) is 5. The molecule has 0 aliphatic rings. The van der Waals surface area contributed by atoms with Crippen LogP contribution in [0, 0.1) is 0 Å². The summed E-state index contributed by atoms with van der Waals surface area (Å²) in [6.45, 7) is -0.312. The zero-order valence-corrected chi connectivity index (χ0v) is 13.6. The number of para-hydroxylation sites is 1. The summed E-state index contributed by atoms with van der Waals surface area (Å²) >= 11 is 11.8. The molecule has 1 amide bonds. The summed E-state index contributed by atoms with van der Waals surface area (Å²) in [7, 11) is 0. The van der Waals surface area contributed by atoms with E-state index in [-0.39, 0.29) is 6.54 Å². The third kappa shape index (κ3) is 3.44. The number of carbonyl (C=O) groups is 1. The van der Waals surface area contributed by atoms with Crippen molar-refractivity contribution in [2.75, 3.05) is 5.32 Å². The van der Waals surface area contributed by atoms with Crippen molar-refractivity contribution in [1.82, 2.24) is 24.8 Å². The third-order valence-corrected chi connectivity index (χ3v) is 3.55. The van der Waals surface area contributed by atoms with Gasteiger partial charge in [0.05, 0.1) is 15.7 Å². The molecule has 8 nitrogen and oxygen atoms in total. The molecule has 0 aliphatic carbocycles. The minimum atomic E-state index is -0.581. The quantitative estimate of drug-likeness (QED) is 0.761. The molecular weight excluding hydrogens is 355 g/mol. The second kappa shape index (κ2) is 6.81. The van der Waals surface area contributed by atoms with Gasteiger partial charge in [0.1, 0.15) is 12.4 Å². The molecule has 3 rings (SSSR count). The van der Waals surface area contributed by atoms with Crippen molar-refractivity contribution in [3.8, 4) is 5.69 Å². The van der Waals surface area contributed by atoms with Crippen molar-refractivity contribution in [3.63, 3.8) is 0 Å². The SMILES string of the molecule is O=C(Cn1nnn(-c2ccccc2Cl)c1=O)Nc1ccc(Cl)cn1. The van der Waals surface area contributed by atoms with Crippen LogP contribution in [0.1, 0.15) is 0 Å². The van der Waals surface area contributed by atoms with Gasteiger partial charge in [0.2, 0.25) is 5.91 Å². The molecule has 122 valence electrons. The molecule has 0 saturated carbocycles. The number of hydrogen-bond donors (Lipinski definition) is 1. The van der Waals surface area contributed by atoms with E-state index in [0.29, 0.717) is 21.6 Å². The molecule has 0 saturated heterocycles. The van der Waals surface area contributed by atoms with Gasteiger partial charge in [-0.25, -0.2) is 9.78 Å². The minimum Gasteiger partial charge on any atom is -0.309 e. The Kier molecular flexibility index (Phi) is 4.59. The lowest BCUT2D eigenvalue weighted by Gasteiger charge is -2.03. The Balaban J connectivity index is 1.77. The maximum Gasteiger partial charge on any atom is 0.369 e. The van der Waals surface area contributed by atoms with Crippen LogP contribution in [0.15, 0.2) is 47.4 Å². The van der Waals surface area contributed by atoms with E-state index >= 15 is 0 Å². The molecule has 0 radical (unpaired) electrons. The van der Waals surface area contributed by atoms with Gasteiger partial charge in [0.25, 0.3) is 0 Å². The molecule has 0 spiro atoms. The van der Waals surface area contributed by atoms with E-state index in [1.54, 1.807) is 36.4 Å². The van der Waals surface area contributed by atoms with E-state index in [2.05, 4.69) is 20.7 Å². The summed E-state index contributed by atoms with van der Waals surface area (Å²) in [5.41, 5.74) is -0.197. The van der Waals surface area contributed by atoms with Gasteiger partial charge in [-0.3, -0.25) is 4.79 Å². The fraction of sp³-hybridized carbons (Fsp3) is 0.0714. The zero-order valence-electron chi connectivity index (χ0n) is 12.1. The average molecular weight is 365 g/mol. The van der Waals surface area contributed by atoms with E-state index in [1.807, 2.05) is 0 Å². The maximum absolute atomic E-state index is 12.3. The Morgan fingerprint density at radius 1 is 1.12 bits per heavy atom. The molecule has 0 fully saturated rings. The van der Waals surface area contributed by atoms with Crippen LogP contribution < -0.4 is 11.0 Å². The van der Waals surface area contributed by atoms with E-state index in [4.69, 9.17) is 23.2 Å². The number of pyridine rings is 1. The van der Waals surface area contributed by atoms with Crippen molar-refractivity contribution < 1.29 is 4.79 Å². The van der Waals surface area contributed by atoms with Gasteiger partial charge in [-0.2, -0.15) is 9.36 Å². The standard InChI is InChI=1S/C14H10Cl2N6O2/c15-9-5-6-12(17-7-9)18-13(23)8-21-14(24)22(20-19-21)11-4-2-1-3-10(11)16/h1-7H,8H2,(H,17,18,23). The Morgan fingerprint density at radius 2 is 1.92 bits per heavy atom. The summed E-state index contributed by atoms with van der Waals surface area (Å²) in [4.78, 5) is 28.2. The topological polar surface area (TPSA) is 94.7 Å². The van der Waals surface area contributed by atoms with Crippen LogP contribution >= 0.6 is 23.2 Å². The summed E-state index contributed by atoms with van der Waals surface area (Å²) in [5.74, 6) is -0.158.